The topological polar surface area (TPSA) is 59.8 Å². The third kappa shape index (κ3) is 7.05. The molecule has 6 nitrogen and oxygen atoms in total. The second kappa shape index (κ2) is 15.0. The van der Waals surface area contributed by atoms with Crippen LogP contribution in [0.1, 0.15) is 148 Å². The summed E-state index contributed by atoms with van der Waals surface area (Å²) in [5.74, 6) is 2.46. The molecule has 4 aromatic carbocycles. The van der Waals surface area contributed by atoms with Gasteiger partial charge in [-0.2, -0.15) is 6.07 Å². The minimum atomic E-state index is -0.741. The molecule has 0 spiro atoms. The molecule has 0 N–H and O–H groups in total. The van der Waals surface area contributed by atoms with Crippen molar-refractivity contribution in [3.8, 4) is 22.8 Å². The summed E-state index contributed by atoms with van der Waals surface area (Å²) < 4.78 is 14.2. The second-order valence-corrected chi connectivity index (χ2v) is 22.4. The number of ether oxygens (including phenoxy) is 2. The molecule has 6 aromatic rings. The van der Waals surface area contributed by atoms with Gasteiger partial charge < -0.3 is 14.4 Å². The van der Waals surface area contributed by atoms with Crippen LogP contribution >= 0.6 is 0 Å². The van der Waals surface area contributed by atoms with Gasteiger partial charge in [-0.1, -0.05) is 155 Å². The number of hydrogen-bond acceptors (Lipinski definition) is 6. The van der Waals surface area contributed by atoms with E-state index in [4.69, 9.17) is 24.4 Å². The van der Waals surface area contributed by atoms with E-state index in [1.54, 1.807) is 0 Å². The number of aliphatic imine (C=N–C) groups is 1. The van der Waals surface area contributed by atoms with Crippen LogP contribution in [-0.2, 0) is 58.5 Å². The summed E-state index contributed by atoms with van der Waals surface area (Å²) in [6.07, 6.45) is 3.73. The summed E-state index contributed by atoms with van der Waals surface area (Å²) in [6, 6.07) is 39.3. The Morgan fingerprint density at radius 1 is 0.625 bits per heavy atom. The second-order valence-electron chi connectivity index (χ2n) is 22.4. The van der Waals surface area contributed by atoms with Gasteiger partial charge in [-0.05, 0) is 93.7 Å². The van der Waals surface area contributed by atoms with Gasteiger partial charge in [0.1, 0.15) is 22.9 Å². The third-order valence-electron chi connectivity index (χ3n) is 14.4. The maximum atomic E-state index is 7.30. The zero-order chi connectivity index (χ0) is 45.3. The SMILES string of the molecule is CC(C)(C)c1ccnc(N2c3[c-]c(Oc4[c-]c(C5=N[C@]6(C)C(C)(C)c7c(C(C)(C)C)cc(C(C)(C)C)cc7[C@]6(C)O5)cc(-c5ccccn5)c4)ccc3C(C)(C)c3ccccc32)c1.[Pt+2]. The van der Waals surface area contributed by atoms with Crippen molar-refractivity contribution in [2.24, 2.45) is 4.99 Å². The molecule has 0 unspecified atom stereocenters. The standard InChI is InChI=1S/C57H62N4O2.Pt/c1-51(2,3)37-25-27-59-48(33-37)61-46-22-17-16-20-41(46)54(10,11)42-24-23-39(34-47(42)61)62-40-29-35(45-21-18-19-26-58-45)28-36(30-40)50-60-57(15)55(12,13)49-43(53(7,8)9)31-38(52(4,5)6)32-44(49)56(57,14)63-50;/h16-29,31-33H,1-15H3;/q-2;+2/t56-,57+;/m0./s1. The summed E-state index contributed by atoms with van der Waals surface area (Å²) in [5.41, 5.74) is 11.0. The first-order valence-electron chi connectivity index (χ1n) is 22.4. The molecule has 7 heteroatoms. The molecule has 0 saturated heterocycles. The quantitative estimate of drug-likeness (QED) is 0.161. The number of benzene rings is 4. The van der Waals surface area contributed by atoms with Crippen LogP contribution < -0.4 is 9.64 Å². The average molecular weight is 1030 g/mol. The Morgan fingerprint density at radius 3 is 2.00 bits per heavy atom. The van der Waals surface area contributed by atoms with E-state index in [0.29, 0.717) is 23.0 Å². The maximum Gasteiger partial charge on any atom is 2.00 e. The van der Waals surface area contributed by atoms with Crippen LogP contribution in [0.5, 0.6) is 11.5 Å². The molecule has 2 aromatic heterocycles. The Labute approximate surface area is 396 Å². The molecule has 2 aliphatic heterocycles. The van der Waals surface area contributed by atoms with Gasteiger partial charge in [0, 0.05) is 40.6 Å². The molecule has 0 bridgehead atoms. The minimum absolute atomic E-state index is 0. The molecule has 4 heterocycles. The van der Waals surface area contributed by atoms with Crippen LogP contribution in [0.15, 0.2) is 108 Å². The van der Waals surface area contributed by atoms with Crippen molar-refractivity contribution in [3.63, 3.8) is 0 Å². The van der Waals surface area contributed by atoms with Gasteiger partial charge in [-0.3, -0.25) is 9.98 Å². The van der Waals surface area contributed by atoms with Gasteiger partial charge in [-0.15, -0.1) is 23.8 Å². The number of para-hydroxylation sites is 1. The van der Waals surface area contributed by atoms with Gasteiger partial charge in [0.05, 0.1) is 5.69 Å². The first-order valence-corrected chi connectivity index (χ1v) is 22.4. The number of anilines is 3. The van der Waals surface area contributed by atoms with Gasteiger partial charge >= 0.3 is 21.1 Å². The Bertz CT molecular complexity index is 2840. The Hall–Kier alpha value is -5.06. The Morgan fingerprint density at radius 2 is 1.33 bits per heavy atom. The van der Waals surface area contributed by atoms with E-state index >= 15 is 0 Å². The van der Waals surface area contributed by atoms with E-state index in [1.165, 1.54) is 33.4 Å². The number of pyridine rings is 2. The first-order chi connectivity index (χ1) is 29.3. The summed E-state index contributed by atoms with van der Waals surface area (Å²) in [4.78, 5) is 17.6. The van der Waals surface area contributed by atoms with Gasteiger partial charge in [0.15, 0.2) is 0 Å². The molecule has 0 amide bonds. The van der Waals surface area contributed by atoms with Crippen LogP contribution in [0.25, 0.3) is 11.3 Å². The van der Waals surface area contributed by atoms with Crippen LogP contribution in [0.4, 0.5) is 17.2 Å². The molecule has 0 radical (unpaired) electrons. The van der Waals surface area contributed by atoms with E-state index in [-0.39, 0.29) is 48.1 Å². The molecule has 3 aliphatic rings. The predicted octanol–water partition coefficient (Wildman–Crippen LogP) is 14.3. The molecule has 1 aliphatic carbocycles. The number of aromatic nitrogens is 2. The van der Waals surface area contributed by atoms with Crippen LogP contribution in [0.3, 0.4) is 0 Å². The van der Waals surface area contributed by atoms with Crippen LogP contribution in [-0.4, -0.2) is 21.4 Å². The fraction of sp³-hybridized carbons (Fsp3) is 0.386. The first kappa shape index (κ1) is 45.5. The van der Waals surface area contributed by atoms with E-state index in [2.05, 4.69) is 182 Å². The zero-order valence-electron chi connectivity index (χ0n) is 40.2. The number of nitrogens with zero attached hydrogens (tertiary/aromatic N) is 4. The Balaban J connectivity index is 0.00000560. The Kier molecular flexibility index (Phi) is 10.7. The van der Waals surface area contributed by atoms with E-state index in [0.717, 1.165) is 34.0 Å². The van der Waals surface area contributed by atoms with Crippen molar-refractivity contribution >= 4 is 23.1 Å². The minimum Gasteiger partial charge on any atom is -0.508 e. The summed E-state index contributed by atoms with van der Waals surface area (Å²) in [7, 11) is 0. The van der Waals surface area contributed by atoms with E-state index < -0.39 is 11.1 Å². The maximum absolute atomic E-state index is 7.30. The zero-order valence-corrected chi connectivity index (χ0v) is 42.5. The molecule has 332 valence electrons. The third-order valence-corrected chi connectivity index (χ3v) is 14.4. The smallest absolute Gasteiger partial charge is 0.508 e. The average Bonchev–Trinajstić information content (AvgIpc) is 3.57. The van der Waals surface area contributed by atoms with Crippen molar-refractivity contribution in [2.45, 2.75) is 142 Å². The van der Waals surface area contributed by atoms with Gasteiger partial charge in [0.2, 0.25) is 0 Å². The molecule has 0 saturated carbocycles. The summed E-state index contributed by atoms with van der Waals surface area (Å²) in [6.45, 7) is 34.2. The molecular formula is C57H62N4O2Pt. The van der Waals surface area contributed by atoms with Crippen molar-refractivity contribution < 1.29 is 30.5 Å². The van der Waals surface area contributed by atoms with Crippen molar-refractivity contribution in [1.29, 1.82) is 0 Å². The summed E-state index contributed by atoms with van der Waals surface area (Å²) in [5, 5.41) is 0. The normalized spacial score (nSPS) is 20.5. The number of hydrogen-bond donors (Lipinski definition) is 0. The van der Waals surface area contributed by atoms with E-state index in [9.17, 15) is 0 Å². The number of fused-ring (bicyclic) bond motifs is 5. The van der Waals surface area contributed by atoms with Crippen LogP contribution in [0.2, 0.25) is 0 Å². The van der Waals surface area contributed by atoms with Crippen molar-refractivity contribution in [1.82, 2.24) is 9.97 Å². The fourth-order valence-electron chi connectivity index (χ4n) is 10.2. The largest absolute Gasteiger partial charge is 2.00 e. The molecular weight excluding hydrogens is 968 g/mol. The molecule has 2 atom stereocenters. The predicted molar refractivity (Wildman–Crippen MR) is 257 cm³/mol. The van der Waals surface area contributed by atoms with Crippen molar-refractivity contribution in [2.75, 3.05) is 4.90 Å². The fourth-order valence-corrected chi connectivity index (χ4v) is 10.2. The van der Waals surface area contributed by atoms with Crippen LogP contribution in [0, 0.1) is 12.1 Å². The monoisotopic (exact) mass is 1030 g/mol. The van der Waals surface area contributed by atoms with Gasteiger partial charge in [-0.25, -0.2) is 4.98 Å². The molecule has 9 rings (SSSR count). The molecule has 0 fully saturated rings. The summed E-state index contributed by atoms with van der Waals surface area (Å²) >= 11 is 0. The number of rotatable bonds is 5. The molecule has 64 heavy (non-hydrogen) atoms. The van der Waals surface area contributed by atoms with Gasteiger partial charge in [0.25, 0.3) is 0 Å². The van der Waals surface area contributed by atoms with Crippen molar-refractivity contribution in [3.05, 3.63) is 160 Å². The van der Waals surface area contributed by atoms with E-state index in [1.807, 2.05) is 42.7 Å².